The highest BCUT2D eigenvalue weighted by Crippen LogP contribution is 2.30. The van der Waals surface area contributed by atoms with E-state index in [4.69, 9.17) is 9.47 Å². The zero-order chi connectivity index (χ0) is 17.5. The Labute approximate surface area is 140 Å². The third-order valence-electron chi connectivity index (χ3n) is 3.54. The first kappa shape index (κ1) is 17.3. The summed E-state index contributed by atoms with van der Waals surface area (Å²) < 4.78 is 10.5. The number of hydrogen-bond acceptors (Lipinski definition) is 4. The third kappa shape index (κ3) is 4.03. The van der Waals surface area contributed by atoms with E-state index in [0.29, 0.717) is 17.1 Å². The number of carboxylic acids is 1. The summed E-state index contributed by atoms with van der Waals surface area (Å²) in [5.74, 6) is 2.83. The van der Waals surface area contributed by atoms with Crippen LogP contribution in [0.4, 0.5) is 0 Å². The molecule has 0 aliphatic rings. The van der Waals surface area contributed by atoms with Gasteiger partial charge in [0.1, 0.15) is 5.57 Å². The first-order chi connectivity index (χ1) is 11.6. The largest absolute Gasteiger partial charge is 0.493 e. The van der Waals surface area contributed by atoms with E-state index in [9.17, 15) is 9.90 Å². The molecule has 0 fully saturated rings. The fourth-order valence-electron chi connectivity index (χ4n) is 2.19. The van der Waals surface area contributed by atoms with Gasteiger partial charge in [0.05, 0.1) is 20.3 Å². The van der Waals surface area contributed by atoms with Gasteiger partial charge >= 0.3 is 5.97 Å². The molecule has 0 heterocycles. The minimum Gasteiger partial charge on any atom is -0.493 e. The second-order valence-electron chi connectivity index (χ2n) is 5.08. The van der Waals surface area contributed by atoms with Crippen molar-refractivity contribution in [1.82, 2.24) is 0 Å². The highest BCUT2D eigenvalue weighted by atomic mass is 16.5. The molecular formula is C19H19NO4. The van der Waals surface area contributed by atoms with Gasteiger partial charge in [0.25, 0.3) is 0 Å². The fraction of sp³-hybridized carbons (Fsp3) is 0.211. The summed E-state index contributed by atoms with van der Waals surface area (Å²) in [6.07, 6.45) is 0. The van der Waals surface area contributed by atoms with Crippen LogP contribution in [0.5, 0.6) is 11.5 Å². The number of aliphatic imine (C=N–C) groups is 1. The molecule has 2 aromatic carbocycles. The summed E-state index contributed by atoms with van der Waals surface area (Å²) in [5.41, 5.74) is 1.47. The SMILES string of the molecule is COc1ccc(C(C)N=C=C(C(=O)O)c2ccccc2)cc1OC. The van der Waals surface area contributed by atoms with E-state index in [2.05, 4.69) is 10.9 Å². The minimum absolute atomic E-state index is 0.0305. The molecule has 0 aromatic heterocycles. The van der Waals surface area contributed by atoms with Crippen LogP contribution in [-0.2, 0) is 4.79 Å². The average molecular weight is 325 g/mol. The van der Waals surface area contributed by atoms with E-state index in [1.807, 2.05) is 25.1 Å². The Morgan fingerprint density at radius 3 is 2.33 bits per heavy atom. The topological polar surface area (TPSA) is 68.1 Å². The van der Waals surface area contributed by atoms with Gasteiger partial charge < -0.3 is 14.6 Å². The maximum Gasteiger partial charge on any atom is 0.345 e. The minimum atomic E-state index is -1.07. The lowest BCUT2D eigenvalue weighted by molar-refractivity contribution is -0.130. The van der Waals surface area contributed by atoms with Crippen LogP contribution < -0.4 is 9.47 Å². The molecule has 1 atom stereocenters. The normalized spacial score (nSPS) is 11.1. The number of carboxylic acid groups (broad SMARTS) is 1. The van der Waals surface area contributed by atoms with Crippen LogP contribution in [0.2, 0.25) is 0 Å². The average Bonchev–Trinajstić information content (AvgIpc) is 2.61. The van der Waals surface area contributed by atoms with Crippen LogP contribution >= 0.6 is 0 Å². The van der Waals surface area contributed by atoms with E-state index < -0.39 is 5.97 Å². The van der Waals surface area contributed by atoms with Crippen LogP contribution in [0, 0.1) is 0 Å². The highest BCUT2D eigenvalue weighted by molar-refractivity contribution is 6.25. The van der Waals surface area contributed by atoms with Crippen LogP contribution in [-0.4, -0.2) is 31.2 Å². The van der Waals surface area contributed by atoms with E-state index in [1.54, 1.807) is 44.6 Å². The van der Waals surface area contributed by atoms with Gasteiger partial charge in [-0.25, -0.2) is 9.79 Å². The maximum absolute atomic E-state index is 11.4. The van der Waals surface area contributed by atoms with Crippen molar-refractivity contribution in [3.63, 3.8) is 0 Å². The van der Waals surface area contributed by atoms with E-state index in [-0.39, 0.29) is 11.6 Å². The van der Waals surface area contributed by atoms with Crippen LogP contribution in [0.3, 0.4) is 0 Å². The number of methoxy groups -OCH3 is 2. The molecule has 0 radical (unpaired) electrons. The Hall–Kier alpha value is -3.04. The van der Waals surface area contributed by atoms with Gasteiger partial charge in [-0.05, 0) is 36.1 Å². The predicted molar refractivity (Wildman–Crippen MR) is 92.9 cm³/mol. The maximum atomic E-state index is 11.4. The van der Waals surface area contributed by atoms with Crippen molar-refractivity contribution in [2.24, 2.45) is 4.99 Å². The predicted octanol–water partition coefficient (Wildman–Crippen LogP) is 3.60. The van der Waals surface area contributed by atoms with Crippen molar-refractivity contribution >= 4 is 17.4 Å². The number of nitrogens with zero attached hydrogens (tertiary/aromatic N) is 1. The summed E-state index contributed by atoms with van der Waals surface area (Å²) >= 11 is 0. The third-order valence-corrected chi connectivity index (χ3v) is 3.54. The first-order valence-corrected chi connectivity index (χ1v) is 7.40. The zero-order valence-electron chi connectivity index (χ0n) is 13.8. The number of hydrogen-bond donors (Lipinski definition) is 1. The molecule has 0 saturated carbocycles. The molecule has 0 saturated heterocycles. The Kier molecular flexibility index (Phi) is 5.77. The van der Waals surface area contributed by atoms with Gasteiger partial charge in [-0.15, -0.1) is 0 Å². The van der Waals surface area contributed by atoms with Crippen molar-refractivity contribution in [2.45, 2.75) is 13.0 Å². The Bertz CT molecular complexity index is 777. The second-order valence-corrected chi connectivity index (χ2v) is 5.08. The van der Waals surface area contributed by atoms with E-state index >= 15 is 0 Å². The molecule has 0 aliphatic carbocycles. The van der Waals surface area contributed by atoms with Crippen molar-refractivity contribution in [3.8, 4) is 11.5 Å². The van der Waals surface area contributed by atoms with Gasteiger partial charge in [-0.2, -0.15) is 0 Å². The van der Waals surface area contributed by atoms with Gasteiger partial charge in [0, 0.05) is 0 Å². The molecule has 2 rings (SSSR count). The van der Waals surface area contributed by atoms with Crippen molar-refractivity contribution in [1.29, 1.82) is 0 Å². The number of ether oxygens (including phenoxy) is 2. The molecule has 5 nitrogen and oxygen atoms in total. The molecule has 24 heavy (non-hydrogen) atoms. The van der Waals surface area contributed by atoms with E-state index in [1.165, 1.54) is 0 Å². The lowest BCUT2D eigenvalue weighted by Crippen LogP contribution is -2.01. The smallest absolute Gasteiger partial charge is 0.345 e. The van der Waals surface area contributed by atoms with Crippen LogP contribution in [0.25, 0.3) is 5.57 Å². The van der Waals surface area contributed by atoms with Gasteiger partial charge in [-0.1, -0.05) is 36.4 Å². The zero-order valence-corrected chi connectivity index (χ0v) is 13.8. The lowest BCUT2D eigenvalue weighted by Gasteiger charge is -2.11. The second kappa shape index (κ2) is 7.99. The summed E-state index contributed by atoms with van der Waals surface area (Å²) in [4.78, 5) is 15.7. The van der Waals surface area contributed by atoms with Crippen molar-refractivity contribution in [3.05, 3.63) is 59.7 Å². The molecule has 0 aliphatic heterocycles. The van der Waals surface area contributed by atoms with E-state index in [0.717, 1.165) is 5.56 Å². The summed E-state index contributed by atoms with van der Waals surface area (Å²) in [6, 6.07) is 14.0. The molecule has 2 aromatic rings. The summed E-state index contributed by atoms with van der Waals surface area (Å²) in [5, 5.41) is 9.36. The Morgan fingerprint density at radius 2 is 1.75 bits per heavy atom. The lowest BCUT2D eigenvalue weighted by atomic mass is 10.1. The molecule has 1 unspecified atom stereocenters. The fourth-order valence-corrected chi connectivity index (χ4v) is 2.19. The molecule has 5 heteroatoms. The molecule has 0 bridgehead atoms. The van der Waals surface area contributed by atoms with Gasteiger partial charge in [0.15, 0.2) is 11.5 Å². The Morgan fingerprint density at radius 1 is 1.08 bits per heavy atom. The number of carbonyl (C=O) groups is 1. The molecule has 124 valence electrons. The van der Waals surface area contributed by atoms with Crippen LogP contribution in [0.1, 0.15) is 24.1 Å². The first-order valence-electron chi connectivity index (χ1n) is 7.40. The quantitative estimate of drug-likeness (QED) is 0.651. The summed E-state index contributed by atoms with van der Waals surface area (Å²) in [6.45, 7) is 1.86. The molecule has 1 N–H and O–H groups in total. The molecular weight excluding hydrogens is 306 g/mol. The van der Waals surface area contributed by atoms with Crippen LogP contribution in [0.15, 0.2) is 53.5 Å². The number of aliphatic carboxylic acids is 1. The van der Waals surface area contributed by atoms with Gasteiger partial charge in [0.2, 0.25) is 0 Å². The molecule has 0 amide bonds. The van der Waals surface area contributed by atoms with Crippen molar-refractivity contribution < 1.29 is 19.4 Å². The van der Waals surface area contributed by atoms with Crippen molar-refractivity contribution in [2.75, 3.05) is 14.2 Å². The standard InChI is InChI=1S/C19H19NO4/c1-13(15-9-10-17(23-2)18(11-15)24-3)20-12-16(19(21)22)14-7-5-4-6-8-14/h4-11,13H,1-3H3,(H,21,22). The summed E-state index contributed by atoms with van der Waals surface area (Å²) in [7, 11) is 3.13. The molecule has 0 spiro atoms. The Balaban J connectivity index is 2.37. The highest BCUT2D eigenvalue weighted by Gasteiger charge is 2.11. The number of rotatable bonds is 6. The van der Waals surface area contributed by atoms with Gasteiger partial charge in [-0.3, -0.25) is 0 Å². The monoisotopic (exact) mass is 325 g/mol. The number of benzene rings is 2.